The van der Waals surface area contributed by atoms with Gasteiger partial charge in [0.25, 0.3) is 0 Å². The molecular formula is C18H26N2S. The summed E-state index contributed by atoms with van der Waals surface area (Å²) in [6.45, 7) is 7.56. The van der Waals surface area contributed by atoms with E-state index in [1.54, 1.807) is 0 Å². The van der Waals surface area contributed by atoms with Crippen molar-refractivity contribution in [2.75, 3.05) is 20.1 Å². The molecule has 0 aliphatic rings. The van der Waals surface area contributed by atoms with Crippen LogP contribution >= 0.6 is 11.3 Å². The Morgan fingerprint density at radius 2 is 1.81 bits per heavy atom. The summed E-state index contributed by atoms with van der Waals surface area (Å²) in [6.07, 6.45) is 0. The lowest BCUT2D eigenvalue weighted by Gasteiger charge is -2.29. The number of hydrogen-bond donors (Lipinski definition) is 1. The summed E-state index contributed by atoms with van der Waals surface area (Å²) in [4.78, 5) is 3.86. The van der Waals surface area contributed by atoms with E-state index in [0.717, 1.165) is 19.6 Å². The van der Waals surface area contributed by atoms with Crippen LogP contribution in [0.5, 0.6) is 0 Å². The van der Waals surface area contributed by atoms with Gasteiger partial charge in [0, 0.05) is 24.0 Å². The minimum atomic E-state index is 0.409. The molecule has 114 valence electrons. The number of likely N-dealkylation sites (N-methyl/N-ethyl adjacent to an activating group) is 1. The van der Waals surface area contributed by atoms with Gasteiger partial charge in [0.15, 0.2) is 0 Å². The highest BCUT2D eigenvalue weighted by molar-refractivity contribution is 7.09. The molecule has 0 aliphatic carbocycles. The van der Waals surface area contributed by atoms with Crippen LogP contribution in [0.15, 0.2) is 47.8 Å². The number of benzene rings is 1. The summed E-state index contributed by atoms with van der Waals surface area (Å²) in [5, 5.41) is 5.76. The first kappa shape index (κ1) is 16.2. The summed E-state index contributed by atoms with van der Waals surface area (Å²) in [7, 11) is 2.22. The van der Waals surface area contributed by atoms with Gasteiger partial charge in [0.1, 0.15) is 0 Å². The van der Waals surface area contributed by atoms with Crippen LogP contribution < -0.4 is 5.32 Å². The van der Waals surface area contributed by atoms with E-state index in [4.69, 9.17) is 0 Å². The summed E-state index contributed by atoms with van der Waals surface area (Å²) in [5.41, 5.74) is 1.38. The van der Waals surface area contributed by atoms with E-state index in [1.165, 1.54) is 10.4 Å². The van der Waals surface area contributed by atoms with Gasteiger partial charge in [-0.15, -0.1) is 11.3 Å². The Hall–Kier alpha value is -1.16. The van der Waals surface area contributed by atoms with Crippen molar-refractivity contribution in [2.45, 2.75) is 26.4 Å². The van der Waals surface area contributed by atoms with Gasteiger partial charge in [-0.25, -0.2) is 0 Å². The van der Waals surface area contributed by atoms with Crippen molar-refractivity contribution in [3.8, 4) is 0 Å². The topological polar surface area (TPSA) is 15.3 Å². The summed E-state index contributed by atoms with van der Waals surface area (Å²) < 4.78 is 0. The standard InChI is InChI=1S/C18H26N2S/c1-15(2)12-19-13-18(16-8-5-4-6-9-16)20(3)14-17-10-7-11-21-17/h4-11,15,18-19H,12-14H2,1-3H3. The fourth-order valence-electron chi connectivity index (χ4n) is 2.47. The van der Waals surface area contributed by atoms with Crippen molar-refractivity contribution in [3.05, 3.63) is 58.3 Å². The SMILES string of the molecule is CC(C)CNCC(c1ccccc1)N(C)Cc1cccs1. The van der Waals surface area contributed by atoms with Gasteiger partial charge in [-0.05, 0) is 36.5 Å². The highest BCUT2D eigenvalue weighted by Gasteiger charge is 2.17. The molecule has 1 N–H and O–H groups in total. The van der Waals surface area contributed by atoms with Crippen molar-refractivity contribution in [2.24, 2.45) is 5.92 Å². The molecule has 0 bridgehead atoms. The molecule has 2 nitrogen and oxygen atoms in total. The van der Waals surface area contributed by atoms with E-state index in [2.05, 4.69) is 79.0 Å². The largest absolute Gasteiger partial charge is 0.315 e. The number of nitrogens with zero attached hydrogens (tertiary/aromatic N) is 1. The number of thiophene rings is 1. The third-order valence-electron chi connectivity index (χ3n) is 3.59. The molecule has 2 rings (SSSR count). The van der Waals surface area contributed by atoms with Crippen LogP contribution in [0.3, 0.4) is 0 Å². The molecule has 1 aromatic heterocycles. The van der Waals surface area contributed by atoms with Crippen LogP contribution in [0.4, 0.5) is 0 Å². The van der Waals surface area contributed by atoms with Gasteiger partial charge >= 0.3 is 0 Å². The quantitative estimate of drug-likeness (QED) is 0.787. The van der Waals surface area contributed by atoms with Gasteiger partial charge in [-0.2, -0.15) is 0 Å². The monoisotopic (exact) mass is 302 g/mol. The summed E-state index contributed by atoms with van der Waals surface area (Å²) >= 11 is 1.83. The molecule has 0 amide bonds. The zero-order valence-corrected chi connectivity index (χ0v) is 14.1. The van der Waals surface area contributed by atoms with E-state index >= 15 is 0 Å². The Morgan fingerprint density at radius 1 is 1.05 bits per heavy atom. The Labute approximate surface area is 132 Å². The molecule has 0 spiro atoms. The van der Waals surface area contributed by atoms with Crippen molar-refractivity contribution in [3.63, 3.8) is 0 Å². The smallest absolute Gasteiger partial charge is 0.0473 e. The third-order valence-corrected chi connectivity index (χ3v) is 4.45. The highest BCUT2D eigenvalue weighted by Crippen LogP contribution is 2.22. The molecular weight excluding hydrogens is 276 g/mol. The van der Waals surface area contributed by atoms with Crippen molar-refractivity contribution in [1.82, 2.24) is 10.2 Å². The molecule has 2 aromatic rings. The molecule has 1 aromatic carbocycles. The molecule has 0 saturated heterocycles. The Morgan fingerprint density at radius 3 is 2.43 bits per heavy atom. The van der Waals surface area contributed by atoms with Crippen LogP contribution in [-0.2, 0) is 6.54 Å². The third kappa shape index (κ3) is 5.27. The van der Waals surface area contributed by atoms with E-state index in [9.17, 15) is 0 Å². The maximum atomic E-state index is 3.61. The first-order chi connectivity index (χ1) is 10.2. The van der Waals surface area contributed by atoms with Crippen LogP contribution in [0.25, 0.3) is 0 Å². The second kappa shape index (κ2) is 8.32. The van der Waals surface area contributed by atoms with Crippen molar-refractivity contribution in [1.29, 1.82) is 0 Å². The molecule has 1 heterocycles. The lowest BCUT2D eigenvalue weighted by atomic mass is 10.1. The summed E-state index contributed by atoms with van der Waals surface area (Å²) in [5.74, 6) is 0.684. The van der Waals surface area contributed by atoms with Gasteiger partial charge in [0.2, 0.25) is 0 Å². The molecule has 0 fully saturated rings. The highest BCUT2D eigenvalue weighted by atomic mass is 32.1. The zero-order valence-electron chi connectivity index (χ0n) is 13.3. The van der Waals surface area contributed by atoms with Crippen molar-refractivity contribution >= 4 is 11.3 Å². The van der Waals surface area contributed by atoms with Crippen LogP contribution in [0.2, 0.25) is 0 Å². The fraction of sp³-hybridized carbons (Fsp3) is 0.444. The van der Waals surface area contributed by atoms with E-state index in [1.807, 2.05) is 11.3 Å². The predicted octanol–water partition coefficient (Wildman–Crippen LogP) is 4.17. The Kier molecular flexibility index (Phi) is 6.43. The molecule has 0 saturated carbocycles. The molecule has 0 radical (unpaired) electrons. The first-order valence-corrected chi connectivity index (χ1v) is 8.53. The van der Waals surface area contributed by atoms with Crippen LogP contribution in [0.1, 0.15) is 30.3 Å². The maximum absolute atomic E-state index is 3.61. The minimum absolute atomic E-state index is 0.409. The average Bonchev–Trinajstić information content (AvgIpc) is 2.97. The van der Waals surface area contributed by atoms with E-state index in [0.29, 0.717) is 12.0 Å². The lowest BCUT2D eigenvalue weighted by Crippen LogP contribution is -2.34. The fourth-order valence-corrected chi connectivity index (χ4v) is 3.24. The molecule has 21 heavy (non-hydrogen) atoms. The second-order valence-corrected chi connectivity index (χ2v) is 7.01. The van der Waals surface area contributed by atoms with E-state index in [-0.39, 0.29) is 0 Å². The van der Waals surface area contributed by atoms with Crippen LogP contribution in [-0.4, -0.2) is 25.0 Å². The Balaban J connectivity index is 2.03. The first-order valence-electron chi connectivity index (χ1n) is 7.65. The number of hydrogen-bond acceptors (Lipinski definition) is 3. The average molecular weight is 302 g/mol. The summed E-state index contributed by atoms with van der Waals surface area (Å²) in [6, 6.07) is 15.5. The van der Waals surface area contributed by atoms with Gasteiger partial charge in [-0.1, -0.05) is 50.2 Å². The Bertz CT molecular complexity index is 493. The van der Waals surface area contributed by atoms with Gasteiger partial charge < -0.3 is 5.32 Å². The maximum Gasteiger partial charge on any atom is 0.0473 e. The molecule has 3 heteroatoms. The van der Waals surface area contributed by atoms with Crippen molar-refractivity contribution < 1.29 is 0 Å². The molecule has 0 aliphatic heterocycles. The van der Waals surface area contributed by atoms with E-state index < -0.39 is 0 Å². The van der Waals surface area contributed by atoms with Crippen LogP contribution in [0, 0.1) is 5.92 Å². The lowest BCUT2D eigenvalue weighted by molar-refractivity contribution is 0.230. The second-order valence-electron chi connectivity index (χ2n) is 5.97. The number of nitrogens with one attached hydrogen (secondary N) is 1. The van der Waals surface area contributed by atoms with Gasteiger partial charge in [-0.3, -0.25) is 4.90 Å². The number of rotatable bonds is 8. The molecule has 1 unspecified atom stereocenters. The molecule has 1 atom stereocenters. The minimum Gasteiger partial charge on any atom is -0.315 e. The van der Waals surface area contributed by atoms with Gasteiger partial charge in [0.05, 0.1) is 0 Å². The zero-order chi connectivity index (χ0) is 15.1. The normalized spacial score (nSPS) is 13.0. The predicted molar refractivity (Wildman–Crippen MR) is 92.7 cm³/mol.